The SMILES string of the molecule is CNC(=O)c1cc([N+](=O)[O-])ccc1NCC(C)N1CCN(C)CC1. The monoisotopic (exact) mass is 335 g/mol. The Hall–Kier alpha value is -2.19. The van der Waals surface area contributed by atoms with E-state index in [1.165, 1.54) is 19.2 Å². The number of likely N-dealkylation sites (N-methyl/N-ethyl adjacent to an activating group) is 1. The summed E-state index contributed by atoms with van der Waals surface area (Å²) in [6, 6.07) is 4.63. The van der Waals surface area contributed by atoms with E-state index in [-0.39, 0.29) is 17.2 Å². The molecule has 132 valence electrons. The van der Waals surface area contributed by atoms with Gasteiger partial charge in [-0.15, -0.1) is 0 Å². The molecular formula is C16H25N5O3. The Bertz CT molecular complexity index is 599. The van der Waals surface area contributed by atoms with E-state index in [0.717, 1.165) is 26.2 Å². The summed E-state index contributed by atoms with van der Waals surface area (Å²) >= 11 is 0. The molecule has 1 aromatic rings. The lowest BCUT2D eigenvalue weighted by Gasteiger charge is -2.36. The minimum absolute atomic E-state index is 0.0914. The lowest BCUT2D eigenvalue weighted by atomic mass is 10.1. The molecule has 2 N–H and O–H groups in total. The van der Waals surface area contributed by atoms with Gasteiger partial charge in [-0.1, -0.05) is 0 Å². The Balaban J connectivity index is 2.05. The molecule has 1 fully saturated rings. The number of hydrogen-bond donors (Lipinski definition) is 2. The van der Waals surface area contributed by atoms with E-state index in [0.29, 0.717) is 18.3 Å². The van der Waals surface area contributed by atoms with Crippen LogP contribution in [-0.4, -0.2) is 73.5 Å². The van der Waals surface area contributed by atoms with E-state index < -0.39 is 4.92 Å². The number of carbonyl (C=O) groups is 1. The summed E-state index contributed by atoms with van der Waals surface area (Å²) in [6.07, 6.45) is 0. The van der Waals surface area contributed by atoms with Crippen LogP contribution in [0.2, 0.25) is 0 Å². The Kier molecular flexibility index (Phi) is 6.10. The zero-order chi connectivity index (χ0) is 17.7. The van der Waals surface area contributed by atoms with Gasteiger partial charge in [-0.3, -0.25) is 19.8 Å². The largest absolute Gasteiger partial charge is 0.383 e. The third kappa shape index (κ3) is 4.42. The topological polar surface area (TPSA) is 90.7 Å². The van der Waals surface area contributed by atoms with E-state index in [2.05, 4.69) is 34.4 Å². The number of benzene rings is 1. The molecule has 1 aliphatic heterocycles. The Morgan fingerprint density at radius 2 is 2.00 bits per heavy atom. The van der Waals surface area contributed by atoms with Crippen molar-refractivity contribution in [2.24, 2.45) is 0 Å². The first kappa shape index (κ1) is 18.2. The third-order valence-electron chi connectivity index (χ3n) is 4.43. The maximum Gasteiger partial charge on any atom is 0.270 e. The molecule has 0 bridgehead atoms. The van der Waals surface area contributed by atoms with Gasteiger partial charge in [0.05, 0.1) is 10.5 Å². The number of rotatable bonds is 6. The van der Waals surface area contributed by atoms with Crippen molar-refractivity contribution in [2.45, 2.75) is 13.0 Å². The standard InChI is InChI=1S/C16H25N5O3/c1-12(20-8-6-19(3)7-9-20)11-18-15-5-4-13(21(23)24)10-14(15)16(22)17-2/h4-5,10,12,18H,6-9,11H2,1-3H3,(H,17,22). The minimum Gasteiger partial charge on any atom is -0.383 e. The number of hydrogen-bond acceptors (Lipinski definition) is 6. The van der Waals surface area contributed by atoms with Crippen LogP contribution in [0.1, 0.15) is 17.3 Å². The smallest absolute Gasteiger partial charge is 0.270 e. The molecule has 1 unspecified atom stereocenters. The first-order valence-electron chi connectivity index (χ1n) is 8.09. The maximum atomic E-state index is 12.0. The van der Waals surface area contributed by atoms with Crippen LogP contribution in [0.15, 0.2) is 18.2 Å². The molecule has 24 heavy (non-hydrogen) atoms. The number of anilines is 1. The van der Waals surface area contributed by atoms with Crippen LogP contribution < -0.4 is 10.6 Å². The molecular weight excluding hydrogens is 310 g/mol. The zero-order valence-electron chi connectivity index (χ0n) is 14.4. The van der Waals surface area contributed by atoms with E-state index in [9.17, 15) is 14.9 Å². The summed E-state index contributed by atoms with van der Waals surface area (Å²) in [6.45, 7) is 6.94. The number of nitro benzene ring substituents is 1. The summed E-state index contributed by atoms with van der Waals surface area (Å²) in [4.78, 5) is 27.1. The summed E-state index contributed by atoms with van der Waals surface area (Å²) in [7, 11) is 3.63. The second kappa shape index (κ2) is 8.07. The van der Waals surface area contributed by atoms with Crippen LogP contribution in [0.4, 0.5) is 11.4 Å². The van der Waals surface area contributed by atoms with E-state index >= 15 is 0 Å². The van der Waals surface area contributed by atoms with Crippen LogP contribution in [0, 0.1) is 10.1 Å². The molecule has 1 heterocycles. The molecule has 1 aliphatic rings. The van der Waals surface area contributed by atoms with Crippen molar-refractivity contribution in [1.29, 1.82) is 0 Å². The first-order chi connectivity index (χ1) is 11.4. The van der Waals surface area contributed by atoms with E-state index in [1.54, 1.807) is 6.07 Å². The Morgan fingerprint density at radius 1 is 1.33 bits per heavy atom. The molecule has 2 rings (SSSR count). The van der Waals surface area contributed by atoms with Gasteiger partial charge in [-0.25, -0.2) is 0 Å². The number of non-ortho nitro benzene ring substituents is 1. The third-order valence-corrected chi connectivity index (χ3v) is 4.43. The molecule has 1 atom stereocenters. The van der Waals surface area contributed by atoms with Gasteiger partial charge in [0.25, 0.3) is 11.6 Å². The average Bonchev–Trinajstić information content (AvgIpc) is 2.59. The van der Waals surface area contributed by atoms with Gasteiger partial charge in [0.1, 0.15) is 0 Å². The molecule has 0 radical (unpaired) electrons. The van der Waals surface area contributed by atoms with E-state index in [1.807, 2.05) is 0 Å². The second-order valence-corrected chi connectivity index (χ2v) is 6.14. The number of nitrogens with zero attached hydrogens (tertiary/aromatic N) is 3. The predicted octanol–water partition coefficient (Wildman–Crippen LogP) is 1.00. The Morgan fingerprint density at radius 3 is 2.58 bits per heavy atom. The molecule has 0 spiro atoms. The fourth-order valence-corrected chi connectivity index (χ4v) is 2.77. The molecule has 1 saturated heterocycles. The molecule has 1 amide bonds. The molecule has 8 heteroatoms. The number of nitro groups is 1. The van der Waals surface area contributed by atoms with Crippen LogP contribution in [0.25, 0.3) is 0 Å². The van der Waals surface area contributed by atoms with Crippen LogP contribution in [0.5, 0.6) is 0 Å². The normalized spacial score (nSPS) is 17.3. The number of amides is 1. The van der Waals surface area contributed by atoms with Crippen LogP contribution in [0.3, 0.4) is 0 Å². The zero-order valence-corrected chi connectivity index (χ0v) is 14.4. The average molecular weight is 335 g/mol. The molecule has 1 aromatic carbocycles. The van der Waals surface area contributed by atoms with Gasteiger partial charge in [0.2, 0.25) is 0 Å². The summed E-state index contributed by atoms with van der Waals surface area (Å²) in [5.74, 6) is -0.339. The summed E-state index contributed by atoms with van der Waals surface area (Å²) < 4.78 is 0. The van der Waals surface area contributed by atoms with Gasteiger partial charge in [0.15, 0.2) is 0 Å². The van der Waals surface area contributed by atoms with Gasteiger partial charge in [0, 0.05) is 63.6 Å². The van der Waals surface area contributed by atoms with Crippen molar-refractivity contribution in [1.82, 2.24) is 15.1 Å². The molecule has 0 saturated carbocycles. The number of carbonyl (C=O) groups excluding carboxylic acids is 1. The van der Waals surface area contributed by atoms with Crippen molar-refractivity contribution in [2.75, 3.05) is 52.1 Å². The maximum absolute atomic E-state index is 12.0. The van der Waals surface area contributed by atoms with Crippen LogP contribution in [-0.2, 0) is 0 Å². The number of nitrogens with one attached hydrogen (secondary N) is 2. The highest BCUT2D eigenvalue weighted by atomic mass is 16.6. The lowest BCUT2D eigenvalue weighted by Crippen LogP contribution is -2.49. The van der Waals surface area contributed by atoms with Crippen molar-refractivity contribution in [3.05, 3.63) is 33.9 Å². The minimum atomic E-state index is -0.497. The fourth-order valence-electron chi connectivity index (χ4n) is 2.77. The molecule has 0 aromatic heterocycles. The quantitative estimate of drug-likeness (QED) is 0.595. The van der Waals surface area contributed by atoms with Crippen molar-refractivity contribution in [3.63, 3.8) is 0 Å². The fraction of sp³-hybridized carbons (Fsp3) is 0.562. The highest BCUT2D eigenvalue weighted by Gasteiger charge is 2.20. The highest BCUT2D eigenvalue weighted by molar-refractivity contribution is 6.00. The first-order valence-corrected chi connectivity index (χ1v) is 8.09. The molecule has 8 nitrogen and oxygen atoms in total. The van der Waals surface area contributed by atoms with Gasteiger partial charge in [-0.05, 0) is 20.0 Å². The second-order valence-electron chi connectivity index (χ2n) is 6.14. The summed E-state index contributed by atoms with van der Waals surface area (Å²) in [5.41, 5.74) is 0.810. The summed E-state index contributed by atoms with van der Waals surface area (Å²) in [5, 5.41) is 16.7. The van der Waals surface area contributed by atoms with Gasteiger partial charge >= 0.3 is 0 Å². The van der Waals surface area contributed by atoms with Gasteiger partial charge in [-0.2, -0.15) is 0 Å². The Labute approximate surface area is 142 Å². The predicted molar refractivity (Wildman–Crippen MR) is 93.5 cm³/mol. The number of piperazine rings is 1. The van der Waals surface area contributed by atoms with Crippen molar-refractivity contribution in [3.8, 4) is 0 Å². The van der Waals surface area contributed by atoms with Crippen LogP contribution >= 0.6 is 0 Å². The highest BCUT2D eigenvalue weighted by Crippen LogP contribution is 2.22. The van der Waals surface area contributed by atoms with Crippen molar-refractivity contribution >= 4 is 17.3 Å². The van der Waals surface area contributed by atoms with E-state index in [4.69, 9.17) is 0 Å². The lowest BCUT2D eigenvalue weighted by molar-refractivity contribution is -0.384. The molecule has 0 aliphatic carbocycles. The van der Waals surface area contributed by atoms with Crippen molar-refractivity contribution < 1.29 is 9.72 Å². The van der Waals surface area contributed by atoms with Gasteiger partial charge < -0.3 is 15.5 Å².